The predicted molar refractivity (Wildman–Crippen MR) is 80.1 cm³/mol. The lowest BCUT2D eigenvalue weighted by Crippen LogP contribution is -2.63. The first-order valence-electron chi connectivity index (χ1n) is 7.19. The van der Waals surface area contributed by atoms with Gasteiger partial charge in [0, 0.05) is 13.1 Å². The van der Waals surface area contributed by atoms with Crippen molar-refractivity contribution in [2.75, 3.05) is 19.7 Å². The number of ether oxygens (including phenoxy) is 1. The first-order chi connectivity index (χ1) is 9.91. The lowest BCUT2D eigenvalue weighted by Gasteiger charge is -2.41. The molecule has 1 fully saturated rings. The van der Waals surface area contributed by atoms with Gasteiger partial charge in [-0.05, 0) is 32.9 Å². The summed E-state index contributed by atoms with van der Waals surface area (Å²) in [6, 6.07) is 7.71. The van der Waals surface area contributed by atoms with Crippen molar-refractivity contribution in [3.8, 4) is 5.75 Å². The standard InChI is InChI=1S/C16H22N2O3/c1-12-4-6-13(7-5-12)21-11-8-14(19)18-10-9-17-15(20)16(18,2)3/h4-7H,8-11H2,1-3H3,(H,17,20). The average Bonchev–Trinajstić information content (AvgIpc) is 2.44. The Balaban J connectivity index is 1.87. The molecule has 0 unspecified atom stereocenters. The minimum atomic E-state index is -0.792. The summed E-state index contributed by atoms with van der Waals surface area (Å²) in [6.07, 6.45) is 0.268. The summed E-state index contributed by atoms with van der Waals surface area (Å²) in [6.45, 7) is 6.91. The fourth-order valence-electron chi connectivity index (χ4n) is 2.36. The lowest BCUT2D eigenvalue weighted by atomic mass is 9.98. The van der Waals surface area contributed by atoms with Crippen molar-refractivity contribution in [1.82, 2.24) is 10.2 Å². The van der Waals surface area contributed by atoms with Crippen molar-refractivity contribution >= 4 is 11.8 Å². The molecule has 1 aromatic carbocycles. The van der Waals surface area contributed by atoms with Crippen LogP contribution in [0.5, 0.6) is 5.75 Å². The molecule has 1 heterocycles. The molecule has 2 amide bonds. The third-order valence-electron chi connectivity index (χ3n) is 3.76. The Bertz CT molecular complexity index is 523. The maximum Gasteiger partial charge on any atom is 0.245 e. The number of aryl methyl sites for hydroxylation is 1. The number of piperazine rings is 1. The fraction of sp³-hybridized carbons (Fsp3) is 0.500. The highest BCUT2D eigenvalue weighted by atomic mass is 16.5. The van der Waals surface area contributed by atoms with E-state index in [1.807, 2.05) is 31.2 Å². The highest BCUT2D eigenvalue weighted by Gasteiger charge is 2.39. The van der Waals surface area contributed by atoms with E-state index in [4.69, 9.17) is 4.74 Å². The van der Waals surface area contributed by atoms with Gasteiger partial charge in [0.05, 0.1) is 13.0 Å². The van der Waals surface area contributed by atoms with E-state index in [1.165, 1.54) is 5.56 Å². The van der Waals surface area contributed by atoms with Crippen LogP contribution >= 0.6 is 0 Å². The van der Waals surface area contributed by atoms with E-state index in [-0.39, 0.29) is 18.2 Å². The number of nitrogens with zero attached hydrogens (tertiary/aromatic N) is 1. The van der Waals surface area contributed by atoms with Gasteiger partial charge in [0.2, 0.25) is 11.8 Å². The zero-order valence-corrected chi connectivity index (χ0v) is 12.8. The molecule has 1 aliphatic rings. The smallest absolute Gasteiger partial charge is 0.245 e. The van der Waals surface area contributed by atoms with Crippen molar-refractivity contribution in [3.63, 3.8) is 0 Å². The highest BCUT2D eigenvalue weighted by molar-refractivity contribution is 5.91. The van der Waals surface area contributed by atoms with Crippen LogP contribution in [0.15, 0.2) is 24.3 Å². The third-order valence-corrected chi connectivity index (χ3v) is 3.76. The molecule has 0 aliphatic carbocycles. The van der Waals surface area contributed by atoms with Crippen LogP contribution < -0.4 is 10.1 Å². The Labute approximate surface area is 125 Å². The Morgan fingerprint density at radius 1 is 1.33 bits per heavy atom. The highest BCUT2D eigenvalue weighted by Crippen LogP contribution is 2.19. The second kappa shape index (κ2) is 6.16. The number of hydrogen-bond acceptors (Lipinski definition) is 3. The molecule has 5 heteroatoms. The van der Waals surface area contributed by atoms with Crippen LogP contribution in [-0.2, 0) is 9.59 Å². The van der Waals surface area contributed by atoms with Gasteiger partial charge in [-0.25, -0.2) is 0 Å². The summed E-state index contributed by atoms with van der Waals surface area (Å²) >= 11 is 0. The van der Waals surface area contributed by atoms with Gasteiger partial charge >= 0.3 is 0 Å². The molecular weight excluding hydrogens is 268 g/mol. The van der Waals surface area contributed by atoms with Gasteiger partial charge in [0.15, 0.2) is 0 Å². The maximum absolute atomic E-state index is 12.3. The van der Waals surface area contributed by atoms with Crippen molar-refractivity contribution in [2.24, 2.45) is 0 Å². The molecule has 0 bridgehead atoms. The summed E-state index contributed by atoms with van der Waals surface area (Å²) in [7, 11) is 0. The number of hydrogen-bond donors (Lipinski definition) is 1. The molecule has 0 radical (unpaired) electrons. The van der Waals surface area contributed by atoms with Crippen LogP contribution in [0.2, 0.25) is 0 Å². The second-order valence-electron chi connectivity index (χ2n) is 5.77. The SMILES string of the molecule is Cc1ccc(OCCC(=O)N2CCNC(=O)C2(C)C)cc1. The summed E-state index contributed by atoms with van der Waals surface area (Å²) in [5.41, 5.74) is 0.374. The predicted octanol–water partition coefficient (Wildman–Crippen LogP) is 1.50. The molecule has 1 saturated heterocycles. The normalized spacial score (nSPS) is 17.3. The molecule has 5 nitrogen and oxygen atoms in total. The number of carbonyl (C=O) groups excluding carboxylic acids is 2. The molecule has 0 aromatic heterocycles. The summed E-state index contributed by atoms with van der Waals surface area (Å²) in [5, 5.41) is 2.78. The minimum Gasteiger partial charge on any atom is -0.493 e. The molecular formula is C16H22N2O3. The lowest BCUT2D eigenvalue weighted by molar-refractivity contribution is -0.149. The number of benzene rings is 1. The van der Waals surface area contributed by atoms with E-state index < -0.39 is 5.54 Å². The molecule has 1 N–H and O–H groups in total. The van der Waals surface area contributed by atoms with Crippen LogP contribution in [0.1, 0.15) is 25.8 Å². The number of carbonyl (C=O) groups is 2. The van der Waals surface area contributed by atoms with Gasteiger partial charge in [0.25, 0.3) is 0 Å². The maximum atomic E-state index is 12.3. The average molecular weight is 290 g/mol. The summed E-state index contributed by atoms with van der Waals surface area (Å²) < 4.78 is 5.57. The first kappa shape index (κ1) is 15.4. The topological polar surface area (TPSA) is 58.6 Å². The quantitative estimate of drug-likeness (QED) is 0.914. The van der Waals surface area contributed by atoms with Crippen LogP contribution in [0.3, 0.4) is 0 Å². The Hall–Kier alpha value is -2.04. The molecule has 1 aromatic rings. The van der Waals surface area contributed by atoms with E-state index >= 15 is 0 Å². The monoisotopic (exact) mass is 290 g/mol. The Morgan fingerprint density at radius 3 is 2.67 bits per heavy atom. The number of nitrogens with one attached hydrogen (secondary N) is 1. The fourth-order valence-corrected chi connectivity index (χ4v) is 2.36. The van der Waals surface area contributed by atoms with Gasteiger partial charge in [-0.15, -0.1) is 0 Å². The number of rotatable bonds is 4. The van der Waals surface area contributed by atoms with E-state index in [0.717, 1.165) is 5.75 Å². The van der Waals surface area contributed by atoms with Crippen LogP contribution in [0.4, 0.5) is 0 Å². The van der Waals surface area contributed by atoms with Crippen molar-refractivity contribution in [3.05, 3.63) is 29.8 Å². The first-order valence-corrected chi connectivity index (χ1v) is 7.19. The second-order valence-corrected chi connectivity index (χ2v) is 5.77. The van der Waals surface area contributed by atoms with Gasteiger partial charge in [0.1, 0.15) is 11.3 Å². The minimum absolute atomic E-state index is 0.0537. The molecule has 2 rings (SSSR count). The third kappa shape index (κ3) is 3.54. The van der Waals surface area contributed by atoms with Crippen LogP contribution in [0, 0.1) is 6.92 Å². The van der Waals surface area contributed by atoms with Gasteiger partial charge < -0.3 is 15.0 Å². The van der Waals surface area contributed by atoms with Crippen molar-refractivity contribution in [2.45, 2.75) is 32.7 Å². The van der Waals surface area contributed by atoms with Gasteiger partial charge in [-0.3, -0.25) is 9.59 Å². The molecule has 0 saturated carbocycles. The van der Waals surface area contributed by atoms with Gasteiger partial charge in [-0.1, -0.05) is 17.7 Å². The Morgan fingerprint density at radius 2 is 2.00 bits per heavy atom. The Kier molecular flexibility index (Phi) is 4.50. The van der Waals surface area contributed by atoms with Gasteiger partial charge in [-0.2, -0.15) is 0 Å². The molecule has 0 spiro atoms. The molecule has 114 valence electrons. The molecule has 0 atom stereocenters. The molecule has 21 heavy (non-hydrogen) atoms. The van der Waals surface area contributed by atoms with Crippen molar-refractivity contribution < 1.29 is 14.3 Å². The largest absolute Gasteiger partial charge is 0.493 e. The van der Waals surface area contributed by atoms with E-state index in [1.54, 1.807) is 18.7 Å². The van der Waals surface area contributed by atoms with Crippen LogP contribution in [-0.4, -0.2) is 41.9 Å². The summed E-state index contributed by atoms with van der Waals surface area (Å²) in [5.74, 6) is 0.590. The number of amides is 2. The van der Waals surface area contributed by atoms with E-state index in [0.29, 0.717) is 19.7 Å². The zero-order chi connectivity index (χ0) is 15.5. The van der Waals surface area contributed by atoms with E-state index in [2.05, 4.69) is 5.32 Å². The summed E-state index contributed by atoms with van der Waals surface area (Å²) in [4.78, 5) is 25.7. The molecule has 1 aliphatic heterocycles. The van der Waals surface area contributed by atoms with Crippen molar-refractivity contribution in [1.29, 1.82) is 0 Å². The van der Waals surface area contributed by atoms with E-state index in [9.17, 15) is 9.59 Å². The zero-order valence-electron chi connectivity index (χ0n) is 12.8. The van der Waals surface area contributed by atoms with Crippen LogP contribution in [0.25, 0.3) is 0 Å².